The van der Waals surface area contributed by atoms with Gasteiger partial charge >= 0.3 is 6.03 Å². The summed E-state index contributed by atoms with van der Waals surface area (Å²) in [7, 11) is 0. The number of imide groups is 2. The number of anilines is 2. The summed E-state index contributed by atoms with van der Waals surface area (Å²) in [5.74, 6) is -1.86. The molecule has 38 heavy (non-hydrogen) atoms. The lowest BCUT2D eigenvalue weighted by molar-refractivity contribution is -0.122. The summed E-state index contributed by atoms with van der Waals surface area (Å²) in [6.07, 6.45) is 3.11. The predicted molar refractivity (Wildman–Crippen MR) is 147 cm³/mol. The molecule has 2 heterocycles. The number of barbiturate groups is 1. The molecule has 0 bridgehead atoms. The Morgan fingerprint density at radius 1 is 0.974 bits per heavy atom. The summed E-state index contributed by atoms with van der Waals surface area (Å²) in [6.45, 7) is 1.67. The van der Waals surface area contributed by atoms with Crippen LogP contribution in [0.25, 0.3) is 17.0 Å². The number of amides is 5. The molecule has 1 fully saturated rings. The Labute approximate surface area is 227 Å². The predicted octanol–water partition coefficient (Wildman–Crippen LogP) is 5.56. The van der Waals surface area contributed by atoms with E-state index in [1.807, 2.05) is 24.3 Å². The monoisotopic (exact) mass is 546 g/mol. The Kier molecular flexibility index (Phi) is 6.75. The van der Waals surface area contributed by atoms with E-state index >= 15 is 0 Å². The second kappa shape index (κ2) is 10.2. The van der Waals surface area contributed by atoms with Gasteiger partial charge in [-0.15, -0.1) is 0 Å². The number of rotatable bonds is 5. The van der Waals surface area contributed by atoms with Gasteiger partial charge in [0.15, 0.2) is 0 Å². The number of benzene rings is 3. The average Bonchev–Trinajstić information content (AvgIpc) is 3.22. The van der Waals surface area contributed by atoms with Crippen LogP contribution in [-0.4, -0.2) is 28.3 Å². The Balaban J connectivity index is 1.49. The molecule has 0 saturated carbocycles. The highest BCUT2D eigenvalue weighted by Gasteiger charge is 2.37. The van der Waals surface area contributed by atoms with Crippen LogP contribution in [0.3, 0.4) is 0 Å². The van der Waals surface area contributed by atoms with Gasteiger partial charge in [-0.25, -0.2) is 9.69 Å². The van der Waals surface area contributed by atoms with Crippen molar-refractivity contribution in [2.24, 2.45) is 0 Å². The van der Waals surface area contributed by atoms with Crippen LogP contribution in [-0.2, 0) is 20.9 Å². The second-order valence-electron chi connectivity index (χ2n) is 8.63. The van der Waals surface area contributed by atoms with Crippen molar-refractivity contribution in [1.82, 2.24) is 9.88 Å². The van der Waals surface area contributed by atoms with E-state index in [-0.39, 0.29) is 23.7 Å². The zero-order chi connectivity index (χ0) is 27.0. The molecule has 10 heteroatoms. The molecule has 1 aliphatic rings. The highest BCUT2D eigenvalue weighted by atomic mass is 35.5. The van der Waals surface area contributed by atoms with Crippen LogP contribution in [0.1, 0.15) is 11.1 Å². The van der Waals surface area contributed by atoms with Crippen molar-refractivity contribution in [2.45, 2.75) is 13.5 Å². The quantitative estimate of drug-likeness (QED) is 0.252. The number of aromatic nitrogens is 1. The summed E-state index contributed by atoms with van der Waals surface area (Å²) in [4.78, 5) is 52.4. The molecule has 1 saturated heterocycles. The summed E-state index contributed by atoms with van der Waals surface area (Å²) >= 11 is 12.1. The summed E-state index contributed by atoms with van der Waals surface area (Å²) in [6, 6.07) is 18.0. The van der Waals surface area contributed by atoms with E-state index in [1.165, 1.54) is 6.08 Å². The highest BCUT2D eigenvalue weighted by Crippen LogP contribution is 2.30. The van der Waals surface area contributed by atoms with E-state index in [1.54, 1.807) is 60.2 Å². The van der Waals surface area contributed by atoms with Gasteiger partial charge in [-0.05, 0) is 61.0 Å². The van der Waals surface area contributed by atoms with E-state index in [0.29, 0.717) is 26.9 Å². The highest BCUT2D eigenvalue weighted by molar-refractivity contribution is 6.40. The first kappa shape index (κ1) is 25.3. The summed E-state index contributed by atoms with van der Waals surface area (Å²) < 4.78 is 1.72. The van der Waals surface area contributed by atoms with Crippen molar-refractivity contribution in [3.8, 4) is 0 Å². The molecule has 0 aliphatic carbocycles. The fourth-order valence-electron chi connectivity index (χ4n) is 4.28. The zero-order valence-corrected chi connectivity index (χ0v) is 21.5. The van der Waals surface area contributed by atoms with Crippen molar-refractivity contribution in [2.75, 3.05) is 10.2 Å². The molecule has 5 amide bonds. The Bertz CT molecular complexity index is 1660. The molecule has 190 valence electrons. The number of hydrogen-bond donors (Lipinski definition) is 2. The number of fused-ring (bicyclic) bond motifs is 1. The molecule has 2 N–H and O–H groups in total. The molecule has 3 aromatic carbocycles. The lowest BCUT2D eigenvalue weighted by Gasteiger charge is -2.27. The molecule has 1 aromatic heterocycles. The van der Waals surface area contributed by atoms with Crippen molar-refractivity contribution in [3.63, 3.8) is 0 Å². The van der Waals surface area contributed by atoms with Gasteiger partial charge < -0.3 is 9.88 Å². The molecule has 0 atom stereocenters. The molecule has 5 rings (SSSR count). The van der Waals surface area contributed by atoms with E-state index in [2.05, 4.69) is 10.6 Å². The third kappa shape index (κ3) is 4.79. The average molecular weight is 547 g/mol. The van der Waals surface area contributed by atoms with Gasteiger partial charge in [0.1, 0.15) is 12.1 Å². The van der Waals surface area contributed by atoms with Gasteiger partial charge in [-0.3, -0.25) is 19.7 Å². The Morgan fingerprint density at radius 2 is 1.71 bits per heavy atom. The fraction of sp³-hybridized carbons (Fsp3) is 0.0714. The minimum absolute atomic E-state index is 0.0151. The van der Waals surface area contributed by atoms with Gasteiger partial charge in [0, 0.05) is 38.4 Å². The SMILES string of the molecule is Cc1c(Cl)cccc1N1C(=O)NC(=O)/C(=C\c2cn(CC(=O)Nc3ccc(Cl)cc3)c3ccccc23)C1=O. The number of halogens is 2. The lowest BCUT2D eigenvalue weighted by Crippen LogP contribution is -2.54. The first-order valence-electron chi connectivity index (χ1n) is 11.5. The third-order valence-electron chi connectivity index (χ3n) is 6.14. The fourth-order valence-corrected chi connectivity index (χ4v) is 4.58. The number of nitrogens with one attached hydrogen (secondary N) is 2. The maximum absolute atomic E-state index is 13.4. The number of para-hydroxylation sites is 1. The van der Waals surface area contributed by atoms with Crippen LogP contribution in [0.4, 0.5) is 16.2 Å². The molecule has 0 radical (unpaired) electrons. The molecular formula is C28H20Cl2N4O4. The zero-order valence-electron chi connectivity index (χ0n) is 20.0. The third-order valence-corrected chi connectivity index (χ3v) is 6.80. The maximum Gasteiger partial charge on any atom is 0.335 e. The van der Waals surface area contributed by atoms with Gasteiger partial charge in [0.05, 0.1) is 5.69 Å². The van der Waals surface area contributed by atoms with E-state index in [0.717, 1.165) is 15.8 Å². The van der Waals surface area contributed by atoms with Crippen LogP contribution < -0.4 is 15.5 Å². The Morgan fingerprint density at radius 3 is 2.47 bits per heavy atom. The van der Waals surface area contributed by atoms with E-state index in [9.17, 15) is 19.2 Å². The minimum atomic E-state index is -0.858. The minimum Gasteiger partial charge on any atom is -0.337 e. The van der Waals surface area contributed by atoms with Crippen LogP contribution >= 0.6 is 23.2 Å². The standard InChI is InChI=1S/C28H20Cl2N4O4/c1-16-22(30)6-4-8-23(16)34-27(37)21(26(36)32-28(34)38)13-17-14-33(24-7-3-2-5-20(17)24)15-25(35)31-19-11-9-18(29)10-12-19/h2-14H,15H2,1H3,(H,31,35)(H,32,36,38)/b21-13+. The maximum atomic E-state index is 13.4. The number of carbonyl (C=O) groups excluding carboxylic acids is 4. The lowest BCUT2D eigenvalue weighted by atomic mass is 10.1. The second-order valence-corrected chi connectivity index (χ2v) is 9.47. The molecular weight excluding hydrogens is 527 g/mol. The molecule has 4 aromatic rings. The van der Waals surface area contributed by atoms with Crippen molar-refractivity contribution in [1.29, 1.82) is 0 Å². The first-order valence-corrected chi connectivity index (χ1v) is 12.3. The largest absolute Gasteiger partial charge is 0.337 e. The van der Waals surface area contributed by atoms with Crippen LogP contribution in [0.5, 0.6) is 0 Å². The topological polar surface area (TPSA) is 101 Å². The summed E-state index contributed by atoms with van der Waals surface area (Å²) in [5, 5.41) is 6.71. The number of hydrogen-bond acceptors (Lipinski definition) is 4. The normalized spacial score (nSPS) is 14.8. The van der Waals surface area contributed by atoms with Gasteiger partial charge in [0.2, 0.25) is 5.91 Å². The summed E-state index contributed by atoms with van der Waals surface area (Å²) in [5.41, 5.74) is 2.44. The van der Waals surface area contributed by atoms with E-state index in [4.69, 9.17) is 23.2 Å². The van der Waals surface area contributed by atoms with Crippen molar-refractivity contribution >= 4 is 75.3 Å². The molecule has 1 aliphatic heterocycles. The molecule has 0 unspecified atom stereocenters. The molecule has 0 spiro atoms. The molecule has 8 nitrogen and oxygen atoms in total. The van der Waals surface area contributed by atoms with Crippen LogP contribution in [0, 0.1) is 6.92 Å². The van der Waals surface area contributed by atoms with E-state index < -0.39 is 17.8 Å². The van der Waals surface area contributed by atoms with Crippen LogP contribution in [0.15, 0.2) is 78.5 Å². The number of urea groups is 1. The first-order chi connectivity index (χ1) is 18.2. The van der Waals surface area contributed by atoms with Crippen LogP contribution in [0.2, 0.25) is 10.0 Å². The van der Waals surface area contributed by atoms with Crippen molar-refractivity contribution in [3.05, 3.63) is 99.7 Å². The number of carbonyl (C=O) groups is 4. The Hall–Kier alpha value is -4.40. The van der Waals surface area contributed by atoms with Gasteiger partial charge in [-0.1, -0.05) is 47.5 Å². The van der Waals surface area contributed by atoms with Crippen molar-refractivity contribution < 1.29 is 19.2 Å². The van der Waals surface area contributed by atoms with Gasteiger partial charge in [0.25, 0.3) is 11.8 Å². The smallest absolute Gasteiger partial charge is 0.335 e. The van der Waals surface area contributed by atoms with Gasteiger partial charge in [-0.2, -0.15) is 0 Å². The number of nitrogens with zero attached hydrogens (tertiary/aromatic N) is 2.